The van der Waals surface area contributed by atoms with Gasteiger partial charge in [-0.3, -0.25) is 14.8 Å². The molecule has 10 heteroatoms. The van der Waals surface area contributed by atoms with Gasteiger partial charge in [0.1, 0.15) is 5.75 Å². The zero-order chi connectivity index (χ0) is 24.2. The lowest BCUT2D eigenvalue weighted by molar-refractivity contribution is 0.0977. The molecule has 3 aromatic rings. The fourth-order valence-corrected chi connectivity index (χ4v) is 5.18. The van der Waals surface area contributed by atoms with E-state index in [0.717, 1.165) is 14.7 Å². The average molecular weight is 595 g/mol. The number of hydrogen-bond donors (Lipinski definition) is 3. The highest BCUT2D eigenvalue weighted by molar-refractivity contribution is 14.1. The number of rotatable bonds is 6. The van der Waals surface area contributed by atoms with Crippen molar-refractivity contribution in [3.63, 3.8) is 0 Å². The quantitative estimate of drug-likeness (QED) is 0.279. The van der Waals surface area contributed by atoms with Crippen LogP contribution < -0.4 is 20.1 Å². The van der Waals surface area contributed by atoms with Gasteiger partial charge in [-0.1, -0.05) is 18.2 Å². The molecule has 0 aliphatic carbocycles. The van der Waals surface area contributed by atoms with Crippen molar-refractivity contribution in [2.75, 3.05) is 17.1 Å². The zero-order valence-corrected chi connectivity index (χ0v) is 21.9. The summed E-state index contributed by atoms with van der Waals surface area (Å²) in [6.07, 6.45) is 0. The van der Waals surface area contributed by atoms with Crippen molar-refractivity contribution < 1.29 is 17.9 Å². The molecular formula is C23H22IN3O4S2. The van der Waals surface area contributed by atoms with Crippen molar-refractivity contribution in [3.05, 3.63) is 80.9 Å². The monoisotopic (exact) mass is 595 g/mol. The fraction of sp³-hybridized carbons (Fsp3) is 0.130. The summed E-state index contributed by atoms with van der Waals surface area (Å²) in [6.45, 7) is 3.69. The largest absolute Gasteiger partial charge is 0.496 e. The summed E-state index contributed by atoms with van der Waals surface area (Å²) in [5.74, 6) is 0.306. The molecule has 0 aliphatic rings. The van der Waals surface area contributed by atoms with Crippen molar-refractivity contribution in [1.82, 2.24) is 5.32 Å². The van der Waals surface area contributed by atoms with E-state index in [1.165, 1.54) is 12.1 Å². The lowest BCUT2D eigenvalue weighted by Crippen LogP contribution is -2.34. The molecule has 0 spiro atoms. The van der Waals surface area contributed by atoms with Crippen molar-refractivity contribution in [3.8, 4) is 5.75 Å². The van der Waals surface area contributed by atoms with E-state index < -0.39 is 10.0 Å². The molecule has 3 aromatic carbocycles. The number of halogens is 1. The number of benzene rings is 3. The van der Waals surface area contributed by atoms with E-state index in [1.54, 1.807) is 37.4 Å². The Balaban J connectivity index is 1.65. The Labute approximate surface area is 212 Å². The molecule has 0 bridgehead atoms. The average Bonchev–Trinajstić information content (AvgIpc) is 2.76. The summed E-state index contributed by atoms with van der Waals surface area (Å²) in [5.41, 5.74) is 3.21. The van der Waals surface area contributed by atoms with E-state index in [1.807, 2.05) is 32.0 Å². The molecule has 33 heavy (non-hydrogen) atoms. The minimum atomic E-state index is -3.76. The predicted molar refractivity (Wildman–Crippen MR) is 143 cm³/mol. The maximum absolute atomic E-state index is 12.8. The molecule has 0 heterocycles. The minimum absolute atomic E-state index is 0.0927. The first-order valence-corrected chi connectivity index (χ1v) is 12.7. The molecule has 0 atom stereocenters. The number of anilines is 2. The third-order valence-corrected chi connectivity index (χ3v) is 7.19. The van der Waals surface area contributed by atoms with Gasteiger partial charge >= 0.3 is 0 Å². The van der Waals surface area contributed by atoms with Crippen LogP contribution >= 0.6 is 34.8 Å². The highest BCUT2D eigenvalue weighted by atomic mass is 127. The van der Waals surface area contributed by atoms with Gasteiger partial charge in [0.15, 0.2) is 5.11 Å². The molecule has 3 N–H and O–H groups in total. The number of nitrogens with one attached hydrogen (secondary N) is 3. The molecule has 1 amide bonds. The van der Waals surface area contributed by atoms with Gasteiger partial charge < -0.3 is 10.1 Å². The van der Waals surface area contributed by atoms with Crippen molar-refractivity contribution >= 4 is 67.2 Å². The lowest BCUT2D eigenvalue weighted by Gasteiger charge is -2.14. The topological polar surface area (TPSA) is 96.5 Å². The molecule has 0 aliphatic heterocycles. The van der Waals surface area contributed by atoms with Gasteiger partial charge in [0, 0.05) is 11.3 Å². The molecule has 0 saturated carbocycles. The highest BCUT2D eigenvalue weighted by Gasteiger charge is 2.17. The molecular weight excluding hydrogens is 573 g/mol. The van der Waals surface area contributed by atoms with Crippen LogP contribution in [0.2, 0.25) is 0 Å². The van der Waals surface area contributed by atoms with Crippen molar-refractivity contribution in [1.29, 1.82) is 0 Å². The fourth-order valence-electron chi connectivity index (χ4n) is 3.03. The third kappa shape index (κ3) is 6.21. The SMILES string of the molecule is COc1ccc(C(=O)NC(=S)Nc2ccc(S(=O)(=O)Nc3c(C)cccc3C)cc2)cc1I. The Kier molecular flexibility index (Phi) is 7.92. The van der Waals surface area contributed by atoms with Gasteiger partial charge in [-0.05, 0) is 102 Å². The number of thiocarbonyl (C=S) groups is 1. The van der Waals surface area contributed by atoms with Crippen molar-refractivity contribution in [2.24, 2.45) is 0 Å². The predicted octanol–water partition coefficient (Wildman–Crippen LogP) is 4.84. The van der Waals surface area contributed by atoms with Crippen LogP contribution in [0.15, 0.2) is 65.6 Å². The van der Waals surface area contributed by atoms with E-state index in [0.29, 0.717) is 22.7 Å². The number of amides is 1. The summed E-state index contributed by atoms with van der Waals surface area (Å²) in [7, 11) is -2.20. The van der Waals surface area contributed by atoms with E-state index in [4.69, 9.17) is 17.0 Å². The van der Waals surface area contributed by atoms with Crippen LogP contribution in [0, 0.1) is 17.4 Å². The summed E-state index contributed by atoms with van der Waals surface area (Å²) >= 11 is 7.30. The summed E-state index contributed by atoms with van der Waals surface area (Å²) in [6, 6.07) is 16.7. The van der Waals surface area contributed by atoms with Crippen LogP contribution in [-0.2, 0) is 10.0 Å². The smallest absolute Gasteiger partial charge is 0.261 e. The first-order chi connectivity index (χ1) is 15.6. The Hall–Kier alpha value is -2.70. The van der Waals surface area contributed by atoms with Crippen LogP contribution in [0.1, 0.15) is 21.5 Å². The van der Waals surface area contributed by atoms with E-state index in [2.05, 4.69) is 37.9 Å². The molecule has 0 fully saturated rings. The second-order valence-corrected chi connectivity index (χ2v) is 10.4. The van der Waals surface area contributed by atoms with Gasteiger partial charge in [-0.2, -0.15) is 0 Å². The van der Waals surface area contributed by atoms with Crippen LogP contribution in [0.25, 0.3) is 0 Å². The number of aryl methyl sites for hydroxylation is 2. The molecule has 3 rings (SSSR count). The Morgan fingerprint density at radius 1 is 1.00 bits per heavy atom. The van der Waals surface area contributed by atoms with Gasteiger partial charge in [-0.15, -0.1) is 0 Å². The molecule has 0 unspecified atom stereocenters. The van der Waals surface area contributed by atoms with E-state index in [9.17, 15) is 13.2 Å². The van der Waals surface area contributed by atoms with Crippen LogP contribution in [0.4, 0.5) is 11.4 Å². The standard InChI is InChI=1S/C23H22IN3O4S2/c1-14-5-4-6-15(2)21(14)27-33(29,30)18-10-8-17(9-11-18)25-23(32)26-22(28)16-7-12-20(31-3)19(24)13-16/h4-13,27H,1-3H3,(H2,25,26,28,32). The normalized spacial score (nSPS) is 10.9. The van der Waals surface area contributed by atoms with Crippen LogP contribution in [-0.4, -0.2) is 26.5 Å². The zero-order valence-electron chi connectivity index (χ0n) is 18.1. The maximum Gasteiger partial charge on any atom is 0.261 e. The summed E-state index contributed by atoms with van der Waals surface area (Å²) < 4.78 is 34.2. The van der Waals surface area contributed by atoms with Gasteiger partial charge in [0.2, 0.25) is 0 Å². The van der Waals surface area contributed by atoms with Crippen LogP contribution in [0.5, 0.6) is 5.75 Å². The number of hydrogen-bond acceptors (Lipinski definition) is 5. The molecule has 172 valence electrons. The Morgan fingerprint density at radius 2 is 1.64 bits per heavy atom. The number of ether oxygens (including phenoxy) is 1. The van der Waals surface area contributed by atoms with Crippen molar-refractivity contribution in [2.45, 2.75) is 18.7 Å². The molecule has 0 aromatic heterocycles. The number of carbonyl (C=O) groups excluding carboxylic acids is 1. The van der Waals surface area contributed by atoms with Gasteiger partial charge in [-0.25, -0.2) is 8.42 Å². The molecule has 7 nitrogen and oxygen atoms in total. The third-order valence-electron chi connectivity index (χ3n) is 4.78. The first kappa shape index (κ1) is 24.9. The highest BCUT2D eigenvalue weighted by Crippen LogP contribution is 2.24. The second-order valence-electron chi connectivity index (χ2n) is 7.15. The molecule has 0 saturated heterocycles. The van der Waals surface area contributed by atoms with E-state index in [-0.39, 0.29) is 15.9 Å². The Bertz CT molecular complexity index is 1290. The number of carbonyl (C=O) groups is 1. The molecule has 0 radical (unpaired) electrons. The van der Waals surface area contributed by atoms with Gasteiger partial charge in [0.25, 0.3) is 15.9 Å². The summed E-state index contributed by atoms with van der Waals surface area (Å²) in [5, 5.41) is 5.58. The van der Waals surface area contributed by atoms with Gasteiger partial charge in [0.05, 0.1) is 21.3 Å². The minimum Gasteiger partial charge on any atom is -0.496 e. The number of methoxy groups -OCH3 is 1. The van der Waals surface area contributed by atoms with E-state index >= 15 is 0 Å². The lowest BCUT2D eigenvalue weighted by atomic mass is 10.1. The maximum atomic E-state index is 12.8. The summed E-state index contributed by atoms with van der Waals surface area (Å²) in [4.78, 5) is 12.6. The second kappa shape index (κ2) is 10.5. The van der Waals surface area contributed by atoms with Crippen LogP contribution in [0.3, 0.4) is 0 Å². The Morgan fingerprint density at radius 3 is 2.21 bits per heavy atom. The number of sulfonamides is 1. The number of para-hydroxylation sites is 1. The first-order valence-electron chi connectivity index (χ1n) is 9.75.